The molecule has 0 fully saturated rings. The highest BCUT2D eigenvalue weighted by Gasteiger charge is 2.30. The van der Waals surface area contributed by atoms with Crippen molar-refractivity contribution in [3.63, 3.8) is 0 Å². The predicted molar refractivity (Wildman–Crippen MR) is 83.0 cm³/mol. The second-order valence-electron chi connectivity index (χ2n) is 5.48. The smallest absolute Gasteiger partial charge is 0.277 e. The molecule has 0 spiro atoms. The van der Waals surface area contributed by atoms with Gasteiger partial charge in [-0.2, -0.15) is 0 Å². The molecule has 0 saturated heterocycles. The fourth-order valence-electron chi connectivity index (χ4n) is 3.02. The highest BCUT2D eigenvalue weighted by molar-refractivity contribution is 5.57. The Morgan fingerprint density at radius 3 is 2.65 bits per heavy atom. The van der Waals surface area contributed by atoms with Crippen LogP contribution in [-0.4, -0.2) is 19.8 Å². The molecule has 3 heteroatoms. The van der Waals surface area contributed by atoms with Crippen LogP contribution in [-0.2, 0) is 13.5 Å². The van der Waals surface area contributed by atoms with E-state index in [0.717, 1.165) is 13.0 Å². The number of benzene rings is 1. The summed E-state index contributed by atoms with van der Waals surface area (Å²) in [5.41, 5.74) is 2.78. The third kappa shape index (κ3) is 2.13. The molecule has 1 aliphatic heterocycles. The van der Waals surface area contributed by atoms with Crippen LogP contribution in [0, 0.1) is 0 Å². The first-order valence-electron chi connectivity index (χ1n) is 7.20. The summed E-state index contributed by atoms with van der Waals surface area (Å²) in [6, 6.07) is 15.1. The van der Waals surface area contributed by atoms with Crippen LogP contribution in [0.15, 0.2) is 48.7 Å². The summed E-state index contributed by atoms with van der Waals surface area (Å²) in [6.07, 6.45) is 3.53. The summed E-state index contributed by atoms with van der Waals surface area (Å²) in [5.74, 6) is 1.26. The summed E-state index contributed by atoms with van der Waals surface area (Å²) in [5, 5.41) is 0. The van der Waals surface area contributed by atoms with Crippen molar-refractivity contribution >= 4 is 11.5 Å². The van der Waals surface area contributed by atoms with Gasteiger partial charge < -0.3 is 4.90 Å². The SMILES string of the molecule is CC1N(C)c2ccccc2CCN1c1cccc[n+]1C. The quantitative estimate of drug-likeness (QED) is 0.735. The molecule has 1 aliphatic rings. The van der Waals surface area contributed by atoms with Crippen molar-refractivity contribution in [1.82, 2.24) is 0 Å². The number of rotatable bonds is 1. The highest BCUT2D eigenvalue weighted by Crippen LogP contribution is 2.28. The normalized spacial score (nSPS) is 18.6. The molecule has 0 bridgehead atoms. The van der Waals surface area contributed by atoms with E-state index in [9.17, 15) is 0 Å². The average Bonchev–Trinajstić information content (AvgIpc) is 2.59. The molecule has 20 heavy (non-hydrogen) atoms. The van der Waals surface area contributed by atoms with Crippen LogP contribution in [0.25, 0.3) is 0 Å². The first kappa shape index (κ1) is 13.0. The number of aryl methyl sites for hydroxylation is 1. The minimum absolute atomic E-state index is 0.340. The standard InChI is InChI=1S/C17H22N3/c1-14-19(3)16-9-5-4-8-15(16)11-13-20(14)17-10-6-7-12-18(17)2/h4-10,12,14H,11,13H2,1-3H3/q+1. The van der Waals surface area contributed by atoms with E-state index in [4.69, 9.17) is 0 Å². The highest BCUT2D eigenvalue weighted by atomic mass is 15.4. The van der Waals surface area contributed by atoms with E-state index < -0.39 is 0 Å². The largest absolute Gasteiger partial charge is 0.336 e. The molecule has 104 valence electrons. The molecule has 0 aliphatic carbocycles. The third-order valence-electron chi connectivity index (χ3n) is 4.33. The lowest BCUT2D eigenvalue weighted by Gasteiger charge is -2.30. The topological polar surface area (TPSA) is 10.4 Å². The van der Waals surface area contributed by atoms with Gasteiger partial charge in [-0.1, -0.05) is 24.3 Å². The summed E-state index contributed by atoms with van der Waals surface area (Å²) in [7, 11) is 4.30. The Morgan fingerprint density at radius 1 is 1.10 bits per heavy atom. The van der Waals surface area contributed by atoms with Crippen molar-refractivity contribution in [2.45, 2.75) is 19.5 Å². The summed E-state index contributed by atoms with van der Waals surface area (Å²) < 4.78 is 2.19. The van der Waals surface area contributed by atoms with Crippen LogP contribution in [0.3, 0.4) is 0 Å². The number of anilines is 2. The lowest BCUT2D eigenvalue weighted by atomic mass is 10.1. The van der Waals surface area contributed by atoms with E-state index in [2.05, 4.69) is 84.0 Å². The van der Waals surface area contributed by atoms with Gasteiger partial charge in [-0.25, -0.2) is 9.47 Å². The molecule has 1 aromatic heterocycles. The average molecular weight is 268 g/mol. The van der Waals surface area contributed by atoms with Crippen LogP contribution in [0.4, 0.5) is 11.5 Å². The van der Waals surface area contributed by atoms with E-state index in [1.54, 1.807) is 0 Å². The Bertz CT molecular complexity index is 609. The van der Waals surface area contributed by atoms with Crippen LogP contribution in [0.5, 0.6) is 0 Å². The lowest BCUT2D eigenvalue weighted by molar-refractivity contribution is -0.659. The fraction of sp³-hybridized carbons (Fsp3) is 0.353. The van der Waals surface area contributed by atoms with Crippen LogP contribution in [0.1, 0.15) is 12.5 Å². The van der Waals surface area contributed by atoms with Crippen LogP contribution in [0.2, 0.25) is 0 Å². The molecular weight excluding hydrogens is 246 g/mol. The fourth-order valence-corrected chi connectivity index (χ4v) is 3.02. The molecule has 3 nitrogen and oxygen atoms in total. The third-order valence-corrected chi connectivity index (χ3v) is 4.33. The maximum atomic E-state index is 2.47. The van der Waals surface area contributed by atoms with Gasteiger partial charge in [0.05, 0.1) is 19.8 Å². The van der Waals surface area contributed by atoms with E-state index in [1.807, 2.05) is 0 Å². The van der Waals surface area contributed by atoms with Crippen molar-refractivity contribution in [3.8, 4) is 0 Å². The monoisotopic (exact) mass is 268 g/mol. The Morgan fingerprint density at radius 2 is 1.85 bits per heavy atom. The van der Waals surface area contributed by atoms with Crippen LogP contribution < -0.4 is 14.4 Å². The number of nitrogens with zero attached hydrogens (tertiary/aromatic N) is 3. The van der Waals surface area contributed by atoms with Crippen molar-refractivity contribution < 1.29 is 4.57 Å². The van der Waals surface area contributed by atoms with E-state index in [-0.39, 0.29) is 0 Å². The maximum absolute atomic E-state index is 2.47. The van der Waals surface area contributed by atoms with Gasteiger partial charge in [0.2, 0.25) is 0 Å². The summed E-state index contributed by atoms with van der Waals surface area (Å²) in [4.78, 5) is 4.84. The second kappa shape index (κ2) is 5.16. The number of pyridine rings is 1. The van der Waals surface area contributed by atoms with Gasteiger partial charge in [-0.15, -0.1) is 0 Å². The molecule has 0 saturated carbocycles. The van der Waals surface area contributed by atoms with Gasteiger partial charge in [0, 0.05) is 25.2 Å². The zero-order valence-corrected chi connectivity index (χ0v) is 12.5. The Labute approximate surface area is 121 Å². The molecule has 1 atom stereocenters. The predicted octanol–water partition coefficient (Wildman–Crippen LogP) is 2.36. The van der Waals surface area contributed by atoms with E-state index in [1.165, 1.54) is 17.1 Å². The lowest BCUT2D eigenvalue weighted by Crippen LogP contribution is -2.49. The molecule has 2 aromatic rings. The van der Waals surface area contributed by atoms with Crippen molar-refractivity contribution in [2.75, 3.05) is 23.4 Å². The molecule has 1 unspecified atom stereocenters. The van der Waals surface area contributed by atoms with Gasteiger partial charge in [-0.05, 0) is 24.6 Å². The Hall–Kier alpha value is -2.03. The minimum atomic E-state index is 0.340. The minimum Gasteiger partial charge on any atom is -0.336 e. The van der Waals surface area contributed by atoms with Gasteiger partial charge in [0.15, 0.2) is 6.17 Å². The first-order chi connectivity index (χ1) is 9.68. The van der Waals surface area contributed by atoms with Gasteiger partial charge in [0.1, 0.15) is 0 Å². The second-order valence-corrected chi connectivity index (χ2v) is 5.48. The van der Waals surface area contributed by atoms with E-state index >= 15 is 0 Å². The number of aromatic nitrogens is 1. The molecule has 0 N–H and O–H groups in total. The first-order valence-corrected chi connectivity index (χ1v) is 7.20. The van der Waals surface area contributed by atoms with Gasteiger partial charge in [-0.3, -0.25) is 0 Å². The molecule has 3 rings (SSSR count). The molecule has 2 heterocycles. The molecule has 0 amide bonds. The number of hydrogen-bond donors (Lipinski definition) is 0. The van der Waals surface area contributed by atoms with E-state index in [0.29, 0.717) is 6.17 Å². The maximum Gasteiger partial charge on any atom is 0.277 e. The molecular formula is C17H22N3+. The zero-order valence-electron chi connectivity index (χ0n) is 12.5. The summed E-state index contributed by atoms with van der Waals surface area (Å²) in [6.45, 7) is 3.31. The van der Waals surface area contributed by atoms with Crippen LogP contribution >= 0.6 is 0 Å². The van der Waals surface area contributed by atoms with Gasteiger partial charge in [0.25, 0.3) is 5.82 Å². The van der Waals surface area contributed by atoms with Crippen molar-refractivity contribution in [2.24, 2.45) is 7.05 Å². The molecule has 0 radical (unpaired) electrons. The number of hydrogen-bond acceptors (Lipinski definition) is 2. The Kier molecular flexibility index (Phi) is 3.35. The van der Waals surface area contributed by atoms with Crippen molar-refractivity contribution in [3.05, 3.63) is 54.2 Å². The van der Waals surface area contributed by atoms with Crippen molar-refractivity contribution in [1.29, 1.82) is 0 Å². The zero-order chi connectivity index (χ0) is 14.1. The van der Waals surface area contributed by atoms with Gasteiger partial charge >= 0.3 is 0 Å². The number of para-hydroxylation sites is 1. The molecule has 1 aromatic carbocycles. The summed E-state index contributed by atoms with van der Waals surface area (Å²) >= 11 is 0. The Balaban J connectivity index is 2.00. The number of fused-ring (bicyclic) bond motifs is 1.